The first-order valence-corrected chi connectivity index (χ1v) is 4.82. The Balaban J connectivity index is 2.25. The molecule has 2 atom stereocenters. The number of hydrogen-bond acceptors (Lipinski definition) is 1. The van der Waals surface area contributed by atoms with Crippen LogP contribution in [0.15, 0.2) is 28.7 Å². The maximum Gasteiger partial charge on any atom is 0.123 e. The van der Waals surface area contributed by atoms with Gasteiger partial charge < -0.3 is 4.79 Å². The summed E-state index contributed by atoms with van der Waals surface area (Å²) in [5.74, 6) is 0.738. The molecule has 0 aliphatic heterocycles. The van der Waals surface area contributed by atoms with Crippen LogP contribution in [-0.4, -0.2) is 6.29 Å². The predicted octanol–water partition coefficient (Wildman–Crippen LogP) is 2.75. The molecule has 0 heterocycles. The number of aldehydes is 1. The highest BCUT2D eigenvalue weighted by Gasteiger charge is 2.38. The van der Waals surface area contributed by atoms with Gasteiger partial charge in [-0.2, -0.15) is 0 Å². The quantitative estimate of drug-likeness (QED) is 0.707. The van der Waals surface area contributed by atoms with Crippen LogP contribution in [0.3, 0.4) is 0 Å². The summed E-state index contributed by atoms with van der Waals surface area (Å²) in [4.78, 5) is 10.4. The first-order chi connectivity index (χ1) is 5.83. The van der Waals surface area contributed by atoms with Crippen LogP contribution >= 0.6 is 15.9 Å². The summed E-state index contributed by atoms with van der Waals surface area (Å²) >= 11 is 3.48. The van der Waals surface area contributed by atoms with E-state index in [-0.39, 0.29) is 5.92 Å². The van der Waals surface area contributed by atoms with Crippen molar-refractivity contribution >= 4 is 22.2 Å². The maximum atomic E-state index is 10.4. The van der Waals surface area contributed by atoms with Crippen LogP contribution in [0, 0.1) is 5.92 Å². The van der Waals surface area contributed by atoms with Crippen LogP contribution in [-0.2, 0) is 4.79 Å². The molecule has 0 bridgehead atoms. The Bertz CT molecular complexity index is 308. The fourth-order valence-electron chi connectivity index (χ4n) is 1.50. The lowest BCUT2D eigenvalue weighted by atomic mass is 10.1. The average Bonchev–Trinajstić information content (AvgIpc) is 2.84. The zero-order chi connectivity index (χ0) is 8.55. The Morgan fingerprint density at radius 2 is 2.17 bits per heavy atom. The number of carbonyl (C=O) groups excluding carboxylic acids is 1. The van der Waals surface area contributed by atoms with Crippen LogP contribution in [0.2, 0.25) is 0 Å². The normalized spacial score (nSPS) is 26.8. The second kappa shape index (κ2) is 3.02. The minimum Gasteiger partial charge on any atom is -0.303 e. The minimum atomic E-state index is 0.267. The van der Waals surface area contributed by atoms with E-state index in [1.807, 2.05) is 18.2 Å². The molecule has 2 unspecified atom stereocenters. The van der Waals surface area contributed by atoms with Gasteiger partial charge in [-0.3, -0.25) is 0 Å². The highest BCUT2D eigenvalue weighted by molar-refractivity contribution is 9.10. The number of benzene rings is 1. The molecular weight excluding hydrogens is 216 g/mol. The van der Waals surface area contributed by atoms with Crippen molar-refractivity contribution < 1.29 is 4.79 Å². The van der Waals surface area contributed by atoms with Crippen LogP contribution in [0.4, 0.5) is 0 Å². The molecule has 1 saturated carbocycles. The van der Waals surface area contributed by atoms with Crippen molar-refractivity contribution in [3.05, 3.63) is 34.3 Å². The molecule has 0 radical (unpaired) electrons. The van der Waals surface area contributed by atoms with Gasteiger partial charge >= 0.3 is 0 Å². The summed E-state index contributed by atoms with van der Waals surface area (Å²) in [5, 5.41) is 0. The lowest BCUT2D eigenvalue weighted by Gasteiger charge is -2.00. The smallest absolute Gasteiger partial charge is 0.123 e. The molecule has 1 aromatic rings. The van der Waals surface area contributed by atoms with E-state index in [9.17, 15) is 4.79 Å². The molecule has 2 heteroatoms. The summed E-state index contributed by atoms with van der Waals surface area (Å²) in [6, 6.07) is 8.11. The van der Waals surface area contributed by atoms with Crippen molar-refractivity contribution in [2.24, 2.45) is 5.92 Å². The van der Waals surface area contributed by atoms with E-state index in [1.165, 1.54) is 5.56 Å². The third kappa shape index (κ3) is 1.31. The summed E-state index contributed by atoms with van der Waals surface area (Å²) in [5.41, 5.74) is 1.27. The second-order valence-electron chi connectivity index (χ2n) is 3.16. The first kappa shape index (κ1) is 7.99. The second-order valence-corrected chi connectivity index (χ2v) is 4.02. The van der Waals surface area contributed by atoms with E-state index in [0.29, 0.717) is 5.92 Å². The van der Waals surface area contributed by atoms with Gasteiger partial charge in [-0.05, 0) is 24.0 Å². The first-order valence-electron chi connectivity index (χ1n) is 4.02. The van der Waals surface area contributed by atoms with Gasteiger partial charge in [0.25, 0.3) is 0 Å². The van der Waals surface area contributed by atoms with E-state index in [2.05, 4.69) is 22.0 Å². The SMILES string of the molecule is O=CC1CC1c1ccccc1Br. The van der Waals surface area contributed by atoms with Gasteiger partial charge in [-0.25, -0.2) is 0 Å². The highest BCUT2D eigenvalue weighted by atomic mass is 79.9. The lowest BCUT2D eigenvalue weighted by Crippen LogP contribution is -1.85. The van der Waals surface area contributed by atoms with E-state index < -0.39 is 0 Å². The fourth-order valence-corrected chi connectivity index (χ4v) is 2.08. The molecule has 1 fully saturated rings. The summed E-state index contributed by atoms with van der Waals surface area (Å²) in [6.07, 6.45) is 2.08. The Hall–Kier alpha value is -0.630. The Morgan fingerprint density at radius 1 is 1.42 bits per heavy atom. The number of halogens is 1. The van der Waals surface area contributed by atoms with Crippen molar-refractivity contribution in [1.29, 1.82) is 0 Å². The van der Waals surface area contributed by atoms with E-state index in [1.54, 1.807) is 0 Å². The topological polar surface area (TPSA) is 17.1 Å². The molecule has 2 rings (SSSR count). The summed E-state index contributed by atoms with van der Waals surface area (Å²) in [6.45, 7) is 0. The van der Waals surface area contributed by atoms with Crippen molar-refractivity contribution in [1.82, 2.24) is 0 Å². The largest absolute Gasteiger partial charge is 0.303 e. The number of carbonyl (C=O) groups is 1. The van der Waals surface area contributed by atoms with Gasteiger partial charge in [-0.1, -0.05) is 34.1 Å². The van der Waals surface area contributed by atoms with E-state index in [0.717, 1.165) is 17.2 Å². The van der Waals surface area contributed by atoms with Crippen molar-refractivity contribution in [3.63, 3.8) is 0 Å². The molecule has 0 amide bonds. The van der Waals surface area contributed by atoms with Crippen molar-refractivity contribution in [3.8, 4) is 0 Å². The van der Waals surface area contributed by atoms with Crippen LogP contribution in [0.5, 0.6) is 0 Å². The van der Waals surface area contributed by atoms with E-state index >= 15 is 0 Å². The van der Waals surface area contributed by atoms with Gasteiger partial charge in [0, 0.05) is 10.4 Å². The van der Waals surface area contributed by atoms with Gasteiger partial charge in [0.2, 0.25) is 0 Å². The third-order valence-electron chi connectivity index (χ3n) is 2.32. The molecule has 62 valence electrons. The zero-order valence-corrected chi connectivity index (χ0v) is 8.12. The predicted molar refractivity (Wildman–Crippen MR) is 51.1 cm³/mol. The van der Waals surface area contributed by atoms with Crippen LogP contribution < -0.4 is 0 Å². The number of hydrogen-bond donors (Lipinski definition) is 0. The Kier molecular flexibility index (Phi) is 2.01. The molecule has 1 aromatic carbocycles. The Labute approximate surface area is 79.9 Å². The molecular formula is C10H9BrO. The van der Waals surface area contributed by atoms with Gasteiger partial charge in [0.05, 0.1) is 0 Å². The summed E-state index contributed by atoms with van der Waals surface area (Å²) < 4.78 is 1.12. The van der Waals surface area contributed by atoms with Gasteiger partial charge in [-0.15, -0.1) is 0 Å². The molecule has 0 saturated heterocycles. The maximum absolute atomic E-state index is 10.4. The van der Waals surface area contributed by atoms with Gasteiger partial charge in [0.1, 0.15) is 6.29 Å². The molecule has 1 nitrogen and oxygen atoms in total. The highest BCUT2D eigenvalue weighted by Crippen LogP contribution is 2.47. The van der Waals surface area contributed by atoms with Crippen molar-refractivity contribution in [2.75, 3.05) is 0 Å². The van der Waals surface area contributed by atoms with Gasteiger partial charge in [0.15, 0.2) is 0 Å². The van der Waals surface area contributed by atoms with Crippen molar-refractivity contribution in [2.45, 2.75) is 12.3 Å². The number of rotatable bonds is 2. The average molecular weight is 225 g/mol. The molecule has 12 heavy (non-hydrogen) atoms. The van der Waals surface area contributed by atoms with Crippen LogP contribution in [0.1, 0.15) is 17.9 Å². The molecule has 0 spiro atoms. The standard InChI is InChI=1S/C10H9BrO/c11-10-4-2-1-3-8(10)9-5-7(9)6-12/h1-4,6-7,9H,5H2. The monoisotopic (exact) mass is 224 g/mol. The fraction of sp³-hybridized carbons (Fsp3) is 0.300. The van der Waals surface area contributed by atoms with Crippen LogP contribution in [0.25, 0.3) is 0 Å². The zero-order valence-electron chi connectivity index (χ0n) is 6.53. The Morgan fingerprint density at radius 3 is 2.75 bits per heavy atom. The molecule has 0 N–H and O–H groups in total. The molecule has 1 aliphatic carbocycles. The van der Waals surface area contributed by atoms with E-state index in [4.69, 9.17) is 0 Å². The summed E-state index contributed by atoms with van der Waals surface area (Å²) in [7, 11) is 0. The minimum absolute atomic E-state index is 0.267. The third-order valence-corrected chi connectivity index (χ3v) is 3.04. The molecule has 0 aromatic heterocycles. The molecule has 1 aliphatic rings. The lowest BCUT2D eigenvalue weighted by molar-refractivity contribution is -0.108.